The van der Waals surface area contributed by atoms with Gasteiger partial charge in [0, 0.05) is 25.6 Å². The average Bonchev–Trinajstić information content (AvgIpc) is 2.74. The summed E-state index contributed by atoms with van der Waals surface area (Å²) in [6.45, 7) is 6.43. The minimum atomic E-state index is -0.0762. The fourth-order valence-corrected chi connectivity index (χ4v) is 3.92. The number of halogens is 2. The molecule has 0 aromatic heterocycles. The maximum absolute atomic E-state index is 10.1. The van der Waals surface area contributed by atoms with Gasteiger partial charge < -0.3 is 27.2 Å². The van der Waals surface area contributed by atoms with Crippen molar-refractivity contribution in [3.8, 4) is 11.5 Å². The maximum Gasteiger partial charge on any atom is 0.172 e. The number of phenolic OH excluding ortho intramolecular Hbond substituents is 2. The second kappa shape index (κ2) is 8.19. The van der Waals surface area contributed by atoms with Crippen LogP contribution in [0.4, 0.5) is 0 Å². The van der Waals surface area contributed by atoms with Crippen LogP contribution in [0.2, 0.25) is 0 Å². The molecular formula is C19H20Br2NO2-. The van der Waals surface area contributed by atoms with Crippen LogP contribution in [0, 0.1) is 0 Å². The van der Waals surface area contributed by atoms with Crippen LogP contribution in [0.1, 0.15) is 22.6 Å². The van der Waals surface area contributed by atoms with E-state index in [0.717, 1.165) is 37.2 Å². The van der Waals surface area contributed by atoms with Gasteiger partial charge in [0.1, 0.15) is 0 Å². The highest BCUT2D eigenvalue weighted by Crippen LogP contribution is 2.43. The molecule has 0 amide bonds. The SMILES string of the molecule is C=CCN1CCc2c(cc(O)c(O)c2Br)C(c2ccccc2)C1.[Br-]. The highest BCUT2D eigenvalue weighted by Gasteiger charge is 2.27. The van der Waals surface area contributed by atoms with Gasteiger partial charge in [-0.25, -0.2) is 0 Å². The van der Waals surface area contributed by atoms with E-state index >= 15 is 0 Å². The predicted octanol–water partition coefficient (Wildman–Crippen LogP) is 1.04. The smallest absolute Gasteiger partial charge is 0.172 e. The molecule has 1 heterocycles. The lowest BCUT2D eigenvalue weighted by atomic mass is 9.87. The predicted molar refractivity (Wildman–Crippen MR) is 96.1 cm³/mol. The number of hydrogen-bond acceptors (Lipinski definition) is 3. The molecule has 0 spiro atoms. The van der Waals surface area contributed by atoms with Gasteiger partial charge in [-0.1, -0.05) is 36.4 Å². The summed E-state index contributed by atoms with van der Waals surface area (Å²) in [6.07, 6.45) is 2.74. The molecule has 0 saturated carbocycles. The molecule has 3 nitrogen and oxygen atoms in total. The summed E-state index contributed by atoms with van der Waals surface area (Å²) in [5, 5.41) is 20.1. The molecule has 1 aliphatic rings. The summed E-state index contributed by atoms with van der Waals surface area (Å²) < 4.78 is 0.605. The Kier molecular flexibility index (Phi) is 6.49. The zero-order valence-electron chi connectivity index (χ0n) is 13.3. The van der Waals surface area contributed by atoms with E-state index in [1.807, 2.05) is 24.3 Å². The monoisotopic (exact) mass is 452 g/mol. The molecule has 1 unspecified atom stereocenters. The number of nitrogens with zero attached hydrogens (tertiary/aromatic N) is 1. The number of aromatic hydroxyl groups is 2. The van der Waals surface area contributed by atoms with Gasteiger partial charge in [0.2, 0.25) is 0 Å². The molecule has 1 aliphatic heterocycles. The third-order valence-electron chi connectivity index (χ3n) is 4.44. The van der Waals surface area contributed by atoms with E-state index < -0.39 is 0 Å². The van der Waals surface area contributed by atoms with E-state index in [-0.39, 0.29) is 34.4 Å². The van der Waals surface area contributed by atoms with Crippen molar-refractivity contribution in [3.05, 3.63) is 70.2 Å². The van der Waals surface area contributed by atoms with Crippen LogP contribution in [-0.2, 0) is 6.42 Å². The van der Waals surface area contributed by atoms with Crippen molar-refractivity contribution in [1.82, 2.24) is 4.90 Å². The summed E-state index contributed by atoms with van der Waals surface area (Å²) in [7, 11) is 0. The van der Waals surface area contributed by atoms with Crippen molar-refractivity contribution >= 4 is 15.9 Å². The van der Waals surface area contributed by atoms with E-state index in [9.17, 15) is 10.2 Å². The molecule has 2 aromatic carbocycles. The molecule has 2 aromatic rings. The zero-order chi connectivity index (χ0) is 16.4. The fourth-order valence-electron chi connectivity index (χ4n) is 3.29. The molecule has 0 saturated heterocycles. The molecule has 1 atom stereocenters. The first-order valence-corrected chi connectivity index (χ1v) is 8.52. The van der Waals surface area contributed by atoms with Crippen molar-refractivity contribution in [2.45, 2.75) is 12.3 Å². The van der Waals surface area contributed by atoms with Gasteiger partial charge in [-0.15, -0.1) is 6.58 Å². The molecule has 128 valence electrons. The Morgan fingerprint density at radius 1 is 1.25 bits per heavy atom. The highest BCUT2D eigenvalue weighted by atomic mass is 79.9. The lowest BCUT2D eigenvalue weighted by Gasteiger charge is -2.24. The highest BCUT2D eigenvalue weighted by molar-refractivity contribution is 9.10. The third kappa shape index (κ3) is 3.68. The lowest BCUT2D eigenvalue weighted by Crippen LogP contribution is -3.00. The molecule has 5 heteroatoms. The second-order valence-corrected chi connectivity index (χ2v) is 6.68. The Labute approximate surface area is 161 Å². The summed E-state index contributed by atoms with van der Waals surface area (Å²) in [5.74, 6) is -0.00194. The largest absolute Gasteiger partial charge is 1.00 e. The average molecular weight is 454 g/mol. The first-order chi connectivity index (χ1) is 11.1. The topological polar surface area (TPSA) is 43.7 Å². The molecule has 0 fully saturated rings. The van der Waals surface area contributed by atoms with Crippen LogP contribution in [0.15, 0.2) is 53.5 Å². The Bertz CT molecular complexity index is 719. The molecule has 24 heavy (non-hydrogen) atoms. The summed E-state index contributed by atoms with van der Waals surface area (Å²) in [6, 6.07) is 12.0. The molecule has 0 radical (unpaired) electrons. The van der Waals surface area contributed by atoms with E-state index in [0.29, 0.717) is 4.47 Å². The van der Waals surface area contributed by atoms with Crippen LogP contribution in [0.25, 0.3) is 0 Å². The van der Waals surface area contributed by atoms with Crippen LogP contribution in [0.5, 0.6) is 11.5 Å². The Morgan fingerprint density at radius 3 is 2.62 bits per heavy atom. The zero-order valence-corrected chi connectivity index (χ0v) is 16.4. The van der Waals surface area contributed by atoms with Gasteiger partial charge in [0.15, 0.2) is 11.5 Å². The van der Waals surface area contributed by atoms with Crippen LogP contribution in [0.3, 0.4) is 0 Å². The first-order valence-electron chi connectivity index (χ1n) is 7.73. The van der Waals surface area contributed by atoms with Gasteiger partial charge in [-0.05, 0) is 45.1 Å². The second-order valence-electron chi connectivity index (χ2n) is 5.89. The third-order valence-corrected chi connectivity index (χ3v) is 5.29. The van der Waals surface area contributed by atoms with E-state index in [1.54, 1.807) is 6.07 Å². The number of hydrogen-bond donors (Lipinski definition) is 2. The normalized spacial score (nSPS) is 17.5. The summed E-state index contributed by atoms with van der Waals surface area (Å²) in [5.41, 5.74) is 3.35. The van der Waals surface area contributed by atoms with Crippen molar-refractivity contribution < 1.29 is 27.2 Å². The number of phenols is 2. The minimum absolute atomic E-state index is 0. The quantitative estimate of drug-likeness (QED) is 0.539. The van der Waals surface area contributed by atoms with Crippen molar-refractivity contribution in [1.29, 1.82) is 0 Å². The Hall–Kier alpha value is -1.30. The lowest BCUT2D eigenvalue weighted by molar-refractivity contribution is -0.00000626. The number of fused-ring (bicyclic) bond motifs is 1. The van der Waals surface area contributed by atoms with Gasteiger partial charge in [-0.3, -0.25) is 4.90 Å². The standard InChI is InChI=1S/C19H20BrNO2.BrH/c1-2-9-21-10-8-14-15(11-17(22)19(23)18(14)20)16(12-21)13-6-4-3-5-7-13;/h2-7,11,16,22-23H,1,8-10,12H2;1H/p-1. The van der Waals surface area contributed by atoms with E-state index in [2.05, 4.69) is 39.5 Å². The van der Waals surface area contributed by atoms with Crippen molar-refractivity contribution in [3.63, 3.8) is 0 Å². The van der Waals surface area contributed by atoms with Crippen molar-refractivity contribution in [2.24, 2.45) is 0 Å². The van der Waals surface area contributed by atoms with Crippen LogP contribution < -0.4 is 17.0 Å². The Morgan fingerprint density at radius 2 is 1.96 bits per heavy atom. The van der Waals surface area contributed by atoms with E-state index in [1.165, 1.54) is 5.56 Å². The fraction of sp³-hybridized carbons (Fsp3) is 0.263. The molecular weight excluding hydrogens is 434 g/mol. The molecule has 0 aliphatic carbocycles. The van der Waals surface area contributed by atoms with Crippen LogP contribution in [-0.4, -0.2) is 34.7 Å². The van der Waals surface area contributed by atoms with E-state index in [4.69, 9.17) is 0 Å². The van der Waals surface area contributed by atoms with Crippen molar-refractivity contribution in [2.75, 3.05) is 19.6 Å². The number of rotatable bonds is 3. The Balaban J connectivity index is 0.00000208. The molecule has 0 bridgehead atoms. The molecule has 2 N–H and O–H groups in total. The first kappa shape index (κ1) is 19.0. The number of benzene rings is 2. The van der Waals surface area contributed by atoms with Crippen LogP contribution >= 0.6 is 15.9 Å². The van der Waals surface area contributed by atoms with Gasteiger partial charge in [0.05, 0.1) is 4.47 Å². The summed E-state index contributed by atoms with van der Waals surface area (Å²) in [4.78, 5) is 2.35. The van der Waals surface area contributed by atoms with Gasteiger partial charge >= 0.3 is 0 Å². The van der Waals surface area contributed by atoms with Gasteiger partial charge in [-0.2, -0.15) is 0 Å². The summed E-state index contributed by atoms with van der Waals surface area (Å²) >= 11 is 3.46. The maximum atomic E-state index is 10.1. The van der Waals surface area contributed by atoms with Gasteiger partial charge in [0.25, 0.3) is 0 Å². The molecule has 3 rings (SSSR count). The minimum Gasteiger partial charge on any atom is -1.00 e.